The van der Waals surface area contributed by atoms with Crippen LogP contribution in [0, 0.1) is 13.8 Å². The highest BCUT2D eigenvalue weighted by Crippen LogP contribution is 2.60. The van der Waals surface area contributed by atoms with Crippen LogP contribution in [-0.2, 0) is 0 Å². The van der Waals surface area contributed by atoms with E-state index in [2.05, 4.69) is 52.7 Å². The number of aryl methyl sites for hydroxylation is 2. The van der Waals surface area contributed by atoms with Crippen molar-refractivity contribution in [2.24, 2.45) is 4.74 Å². The fraction of sp³-hybridized carbons (Fsp3) is 0.500. The number of nitrogens with zero attached hydrogens (tertiary/aromatic N) is 3. The minimum absolute atomic E-state index is 0.983. The second kappa shape index (κ2) is 7.11. The van der Waals surface area contributed by atoms with Crippen molar-refractivity contribution in [1.29, 1.82) is 0 Å². The molecule has 2 aromatic rings. The van der Waals surface area contributed by atoms with E-state index in [1.807, 2.05) is 6.92 Å². The summed E-state index contributed by atoms with van der Waals surface area (Å²) in [6.45, 7) is 8.67. The van der Waals surface area contributed by atoms with Gasteiger partial charge in [-0.25, -0.2) is 4.74 Å². The molecular weight excluding hydrogens is 329 g/mol. The van der Waals surface area contributed by atoms with Gasteiger partial charge in [0.25, 0.3) is 0 Å². The molecule has 4 nitrogen and oxygen atoms in total. The van der Waals surface area contributed by atoms with Gasteiger partial charge in [0.2, 0.25) is 0 Å². The third-order valence-electron chi connectivity index (χ3n) is 5.26. The normalized spacial score (nSPS) is 19.6. The van der Waals surface area contributed by atoms with E-state index in [1.165, 1.54) is 31.2 Å². The Morgan fingerprint density at radius 1 is 0.800 bits per heavy atom. The topological polar surface area (TPSA) is 32.0 Å². The van der Waals surface area contributed by atoms with Crippen LogP contribution in [0.3, 0.4) is 0 Å². The van der Waals surface area contributed by atoms with Crippen LogP contribution < -0.4 is 5.50 Å². The van der Waals surface area contributed by atoms with E-state index in [4.69, 9.17) is 9.16 Å². The zero-order valence-corrected chi connectivity index (χ0v) is 16.2. The number of hydrogen-bond acceptors (Lipinski definition) is 2. The largest absolute Gasteiger partial charge is 0.457 e. The van der Waals surface area contributed by atoms with E-state index in [1.54, 1.807) is 0 Å². The van der Waals surface area contributed by atoms with Gasteiger partial charge in [0.1, 0.15) is 5.76 Å². The molecule has 0 atom stereocenters. The summed E-state index contributed by atoms with van der Waals surface area (Å²) < 4.78 is 17.0. The summed E-state index contributed by atoms with van der Waals surface area (Å²) in [6, 6.07) is 12.9. The van der Waals surface area contributed by atoms with E-state index < -0.39 is 7.36 Å². The lowest BCUT2D eigenvalue weighted by Gasteiger charge is -2.38. The first-order chi connectivity index (χ1) is 12.2. The zero-order chi connectivity index (χ0) is 17.3. The van der Waals surface area contributed by atoms with Crippen molar-refractivity contribution in [2.75, 3.05) is 26.2 Å². The van der Waals surface area contributed by atoms with Gasteiger partial charge in [-0.1, -0.05) is 17.7 Å². The van der Waals surface area contributed by atoms with Crippen molar-refractivity contribution >= 4 is 18.5 Å². The Hall–Kier alpha value is -1.35. The monoisotopic (exact) mass is 357 g/mol. The predicted molar refractivity (Wildman–Crippen MR) is 105 cm³/mol. The van der Waals surface area contributed by atoms with Gasteiger partial charge in [-0.3, -0.25) is 9.34 Å². The molecule has 3 heterocycles. The van der Waals surface area contributed by atoms with Crippen LogP contribution in [0.15, 0.2) is 45.6 Å². The summed E-state index contributed by atoms with van der Waals surface area (Å²) in [5.74, 6) is 0.983. The fourth-order valence-corrected chi connectivity index (χ4v) is 7.89. The highest BCUT2D eigenvalue weighted by atomic mass is 31.2. The van der Waals surface area contributed by atoms with Crippen LogP contribution in [0.25, 0.3) is 0 Å². The van der Waals surface area contributed by atoms with E-state index >= 15 is 0 Å². The molecule has 0 amide bonds. The van der Waals surface area contributed by atoms with Crippen LogP contribution in [-0.4, -0.2) is 35.5 Å². The summed E-state index contributed by atoms with van der Waals surface area (Å²) in [4.78, 5) is 0. The average Bonchev–Trinajstić information content (AvgIpc) is 3.37. The first kappa shape index (κ1) is 17.1. The molecule has 0 spiro atoms. The summed E-state index contributed by atoms with van der Waals surface area (Å²) >= 11 is 0. The summed E-state index contributed by atoms with van der Waals surface area (Å²) in [5, 5.41) is 0. The Bertz CT molecular complexity index is 748. The molecule has 0 aliphatic carbocycles. The lowest BCUT2D eigenvalue weighted by Crippen LogP contribution is -2.34. The molecule has 1 aromatic heterocycles. The van der Waals surface area contributed by atoms with Gasteiger partial charge in [0.15, 0.2) is 12.9 Å². The van der Waals surface area contributed by atoms with Crippen molar-refractivity contribution < 1.29 is 4.42 Å². The smallest absolute Gasteiger partial charge is 0.172 e. The molecule has 1 aromatic carbocycles. The molecule has 0 bridgehead atoms. The van der Waals surface area contributed by atoms with Crippen molar-refractivity contribution in [3.63, 3.8) is 0 Å². The van der Waals surface area contributed by atoms with E-state index in [0.29, 0.717) is 0 Å². The molecule has 5 heteroatoms. The van der Waals surface area contributed by atoms with Crippen LogP contribution in [0.4, 0.5) is 5.69 Å². The second-order valence-electron chi connectivity index (χ2n) is 7.21. The van der Waals surface area contributed by atoms with Gasteiger partial charge in [0.05, 0.1) is 5.69 Å². The summed E-state index contributed by atoms with van der Waals surface area (Å²) in [6.07, 6.45) is 5.05. The van der Waals surface area contributed by atoms with Gasteiger partial charge in [-0.2, -0.15) is 0 Å². The molecule has 0 unspecified atom stereocenters. The maximum Gasteiger partial charge on any atom is 0.172 e. The Balaban J connectivity index is 1.92. The number of furan rings is 1. The third kappa shape index (κ3) is 3.23. The lowest BCUT2D eigenvalue weighted by atomic mass is 10.2. The van der Waals surface area contributed by atoms with Crippen LogP contribution in [0.2, 0.25) is 0 Å². The van der Waals surface area contributed by atoms with E-state index in [9.17, 15) is 0 Å². The SMILES string of the molecule is Cc1ccc(N=P(c2ccc(C)o2)(N2CCCC2)N2CCCC2)cc1. The van der Waals surface area contributed by atoms with Gasteiger partial charge in [-0.05, 0) is 63.8 Å². The van der Waals surface area contributed by atoms with Crippen molar-refractivity contribution in [3.8, 4) is 0 Å². The summed E-state index contributed by atoms with van der Waals surface area (Å²) in [7, 11) is -2.03. The summed E-state index contributed by atoms with van der Waals surface area (Å²) in [5.41, 5.74) is 3.43. The predicted octanol–water partition coefficient (Wildman–Crippen LogP) is 5.08. The molecule has 2 fully saturated rings. The van der Waals surface area contributed by atoms with Crippen molar-refractivity contribution in [2.45, 2.75) is 39.5 Å². The lowest BCUT2D eigenvalue weighted by molar-refractivity contribution is 0.458. The third-order valence-corrected chi connectivity index (χ3v) is 8.98. The quantitative estimate of drug-likeness (QED) is 0.716. The van der Waals surface area contributed by atoms with Crippen molar-refractivity contribution in [1.82, 2.24) is 9.34 Å². The molecular formula is C20H28N3OP. The highest BCUT2D eigenvalue weighted by molar-refractivity contribution is 7.69. The molecule has 0 saturated carbocycles. The van der Waals surface area contributed by atoms with Crippen molar-refractivity contribution in [3.05, 3.63) is 47.7 Å². The second-order valence-corrected chi connectivity index (χ2v) is 10.1. The van der Waals surface area contributed by atoms with Crippen LogP contribution >= 0.6 is 7.36 Å². The Labute approximate surface area is 151 Å². The molecule has 2 aliphatic rings. The Morgan fingerprint density at radius 2 is 1.36 bits per heavy atom. The maximum absolute atomic E-state index is 6.24. The van der Waals surface area contributed by atoms with E-state index in [-0.39, 0.29) is 0 Å². The molecule has 134 valence electrons. The molecule has 0 N–H and O–H groups in total. The number of hydrogen-bond donors (Lipinski definition) is 0. The maximum atomic E-state index is 6.24. The first-order valence-electron chi connectivity index (χ1n) is 9.45. The van der Waals surface area contributed by atoms with E-state index in [0.717, 1.165) is 43.1 Å². The Kier molecular flexibility index (Phi) is 4.86. The minimum Gasteiger partial charge on any atom is -0.457 e. The molecule has 2 saturated heterocycles. The fourth-order valence-electron chi connectivity index (χ4n) is 3.95. The van der Waals surface area contributed by atoms with Gasteiger partial charge >= 0.3 is 0 Å². The first-order valence-corrected chi connectivity index (χ1v) is 11.1. The number of rotatable bonds is 4. The van der Waals surface area contributed by atoms with Gasteiger partial charge < -0.3 is 4.42 Å². The van der Waals surface area contributed by atoms with Gasteiger partial charge in [-0.15, -0.1) is 0 Å². The standard InChI is InChI=1S/C20H28N3OP/c1-17-7-10-19(11-8-17)21-25(22-13-3-4-14-22,23-15-5-6-16-23)20-12-9-18(2)24-20/h7-12H,3-6,13-16H2,1-2H3. The minimum atomic E-state index is -2.03. The highest BCUT2D eigenvalue weighted by Gasteiger charge is 2.41. The van der Waals surface area contributed by atoms with Gasteiger partial charge in [0, 0.05) is 26.2 Å². The average molecular weight is 357 g/mol. The molecule has 25 heavy (non-hydrogen) atoms. The molecule has 2 aliphatic heterocycles. The Morgan fingerprint density at radius 3 is 1.84 bits per heavy atom. The van der Waals surface area contributed by atoms with Crippen LogP contribution in [0.5, 0.6) is 0 Å². The number of benzene rings is 1. The van der Waals surface area contributed by atoms with Crippen LogP contribution in [0.1, 0.15) is 37.0 Å². The molecule has 0 radical (unpaired) electrons. The zero-order valence-electron chi connectivity index (χ0n) is 15.3. The molecule has 4 rings (SSSR count).